The molecule has 0 spiro atoms. The number of nitrogens with zero attached hydrogens (tertiary/aromatic N) is 1. The molecule has 1 aliphatic rings. The Morgan fingerprint density at radius 2 is 2.26 bits per heavy atom. The van der Waals surface area contributed by atoms with Crippen molar-refractivity contribution in [3.8, 4) is 0 Å². The second-order valence-electron chi connectivity index (χ2n) is 4.47. The van der Waals surface area contributed by atoms with Crippen molar-refractivity contribution >= 4 is 27.0 Å². The molecule has 0 atom stereocenters. The van der Waals surface area contributed by atoms with Crippen LogP contribution in [0.4, 0.5) is 5.69 Å². The van der Waals surface area contributed by atoms with E-state index in [1.165, 1.54) is 36.6 Å². The van der Waals surface area contributed by atoms with Gasteiger partial charge in [-0.25, -0.2) is 8.42 Å². The number of thiophene rings is 1. The van der Waals surface area contributed by atoms with E-state index in [0.29, 0.717) is 15.9 Å². The largest absolute Gasteiger partial charge is 0.309 e. The van der Waals surface area contributed by atoms with Gasteiger partial charge in [-0.2, -0.15) is 5.10 Å². The second-order valence-corrected chi connectivity index (χ2v) is 7.55. The minimum absolute atomic E-state index is 0.321. The quantitative estimate of drug-likeness (QED) is 0.754. The van der Waals surface area contributed by atoms with Crippen molar-refractivity contribution in [3.63, 3.8) is 0 Å². The number of rotatable bonds is 6. The number of hydrogen-bond acceptors (Lipinski definition) is 5. The Morgan fingerprint density at radius 1 is 1.42 bits per heavy atom. The van der Waals surface area contributed by atoms with Crippen LogP contribution >= 0.6 is 11.3 Å². The fourth-order valence-corrected chi connectivity index (χ4v) is 3.98. The number of nitrogens with one attached hydrogen (secondary N) is 3. The van der Waals surface area contributed by atoms with E-state index in [4.69, 9.17) is 0 Å². The van der Waals surface area contributed by atoms with E-state index < -0.39 is 10.0 Å². The molecular formula is C11H14N4O2S2. The minimum Gasteiger partial charge on any atom is -0.309 e. The van der Waals surface area contributed by atoms with Crippen LogP contribution in [0.3, 0.4) is 0 Å². The van der Waals surface area contributed by atoms with Gasteiger partial charge in [-0.3, -0.25) is 9.82 Å². The number of sulfonamides is 1. The standard InChI is InChI=1S/C11H14N4O2S2/c16-19(17,15-9-5-13-14-6-9)11-4-3-10(18-11)7-12-8-1-2-8/h3-6,8,12,15H,1-2,7H2,(H,13,14). The minimum atomic E-state index is -3.50. The van der Waals surface area contributed by atoms with Crippen molar-refractivity contribution in [1.29, 1.82) is 0 Å². The molecule has 0 radical (unpaired) electrons. The first-order valence-corrected chi connectivity index (χ1v) is 8.27. The van der Waals surface area contributed by atoms with E-state index in [-0.39, 0.29) is 0 Å². The normalized spacial score (nSPS) is 15.6. The lowest BCUT2D eigenvalue weighted by Gasteiger charge is -2.02. The summed E-state index contributed by atoms with van der Waals surface area (Å²) in [7, 11) is -3.50. The first-order valence-electron chi connectivity index (χ1n) is 5.97. The van der Waals surface area contributed by atoms with Gasteiger partial charge in [0.05, 0.1) is 11.9 Å². The molecule has 3 rings (SSSR count). The van der Waals surface area contributed by atoms with Gasteiger partial charge in [0.1, 0.15) is 4.21 Å². The molecule has 0 aromatic carbocycles. The van der Waals surface area contributed by atoms with Gasteiger partial charge in [-0.1, -0.05) is 0 Å². The van der Waals surface area contributed by atoms with E-state index in [2.05, 4.69) is 20.2 Å². The van der Waals surface area contributed by atoms with Gasteiger partial charge in [0, 0.05) is 23.7 Å². The van der Waals surface area contributed by atoms with Gasteiger partial charge in [0.25, 0.3) is 10.0 Å². The first-order chi connectivity index (χ1) is 9.13. The predicted octanol–water partition coefficient (Wildman–Crippen LogP) is 1.52. The smallest absolute Gasteiger partial charge is 0.271 e. The van der Waals surface area contributed by atoms with Crippen LogP contribution in [-0.2, 0) is 16.6 Å². The SMILES string of the molecule is O=S(=O)(Nc1cn[nH]c1)c1ccc(CNC2CC2)s1. The molecule has 0 amide bonds. The molecule has 0 unspecified atom stereocenters. The summed E-state index contributed by atoms with van der Waals surface area (Å²) >= 11 is 1.29. The summed E-state index contributed by atoms with van der Waals surface area (Å²) in [5.41, 5.74) is 0.436. The molecule has 1 aliphatic carbocycles. The highest BCUT2D eigenvalue weighted by Crippen LogP contribution is 2.25. The van der Waals surface area contributed by atoms with Crippen molar-refractivity contribution in [2.45, 2.75) is 29.6 Å². The Hall–Kier alpha value is -1.38. The van der Waals surface area contributed by atoms with Crippen LogP contribution in [0.1, 0.15) is 17.7 Å². The van der Waals surface area contributed by atoms with Crippen molar-refractivity contribution < 1.29 is 8.42 Å². The number of aromatic nitrogens is 2. The van der Waals surface area contributed by atoms with Gasteiger partial charge in [-0.15, -0.1) is 11.3 Å². The van der Waals surface area contributed by atoms with Crippen LogP contribution < -0.4 is 10.0 Å². The predicted molar refractivity (Wildman–Crippen MR) is 73.6 cm³/mol. The molecule has 2 aromatic rings. The molecule has 1 saturated carbocycles. The topological polar surface area (TPSA) is 86.9 Å². The lowest BCUT2D eigenvalue weighted by molar-refractivity contribution is 0.603. The van der Waals surface area contributed by atoms with Gasteiger partial charge in [0.2, 0.25) is 0 Å². The Bertz CT molecular complexity index is 644. The van der Waals surface area contributed by atoms with E-state index in [1.807, 2.05) is 6.07 Å². The number of anilines is 1. The third-order valence-electron chi connectivity index (χ3n) is 2.79. The third-order valence-corrected chi connectivity index (χ3v) is 5.75. The molecule has 2 aromatic heterocycles. The Morgan fingerprint density at radius 3 is 2.95 bits per heavy atom. The van der Waals surface area contributed by atoms with Crippen molar-refractivity contribution in [3.05, 3.63) is 29.4 Å². The summed E-state index contributed by atoms with van der Waals surface area (Å²) in [6.07, 6.45) is 5.37. The van der Waals surface area contributed by atoms with E-state index in [0.717, 1.165) is 11.4 Å². The summed E-state index contributed by atoms with van der Waals surface area (Å²) < 4.78 is 27.0. The zero-order valence-electron chi connectivity index (χ0n) is 10.1. The van der Waals surface area contributed by atoms with Crippen LogP contribution in [0, 0.1) is 0 Å². The zero-order chi connectivity index (χ0) is 13.3. The Balaban J connectivity index is 1.69. The van der Waals surface area contributed by atoms with Crippen LogP contribution in [-0.4, -0.2) is 24.7 Å². The van der Waals surface area contributed by atoms with Crippen LogP contribution in [0.2, 0.25) is 0 Å². The average Bonchev–Trinajstić information content (AvgIpc) is 2.87. The second kappa shape index (κ2) is 4.95. The third kappa shape index (κ3) is 3.14. The summed E-state index contributed by atoms with van der Waals surface area (Å²) in [5.74, 6) is 0. The molecule has 2 heterocycles. The van der Waals surface area contributed by atoms with Gasteiger partial charge >= 0.3 is 0 Å². The summed E-state index contributed by atoms with van der Waals surface area (Å²) in [6, 6.07) is 4.10. The van der Waals surface area contributed by atoms with E-state index in [1.54, 1.807) is 6.07 Å². The summed E-state index contributed by atoms with van der Waals surface area (Å²) in [5, 5.41) is 9.63. The monoisotopic (exact) mass is 298 g/mol. The van der Waals surface area contributed by atoms with E-state index >= 15 is 0 Å². The van der Waals surface area contributed by atoms with Gasteiger partial charge in [-0.05, 0) is 25.0 Å². The highest BCUT2D eigenvalue weighted by molar-refractivity contribution is 7.94. The summed E-state index contributed by atoms with van der Waals surface area (Å²) in [6.45, 7) is 0.733. The number of H-pyrrole nitrogens is 1. The molecule has 6 nitrogen and oxygen atoms in total. The van der Waals surface area contributed by atoms with Crippen molar-refractivity contribution in [1.82, 2.24) is 15.5 Å². The van der Waals surface area contributed by atoms with Crippen molar-refractivity contribution in [2.75, 3.05) is 4.72 Å². The fourth-order valence-electron chi connectivity index (χ4n) is 1.64. The molecule has 0 aliphatic heterocycles. The maximum atomic E-state index is 12.1. The zero-order valence-corrected chi connectivity index (χ0v) is 11.7. The van der Waals surface area contributed by atoms with Gasteiger partial charge < -0.3 is 5.32 Å². The molecule has 102 valence electrons. The highest BCUT2D eigenvalue weighted by Gasteiger charge is 2.21. The molecule has 0 saturated heterocycles. The molecule has 1 fully saturated rings. The van der Waals surface area contributed by atoms with Gasteiger partial charge in [0.15, 0.2) is 0 Å². The average molecular weight is 298 g/mol. The lowest BCUT2D eigenvalue weighted by atomic mass is 10.4. The first kappa shape index (κ1) is 12.6. The van der Waals surface area contributed by atoms with Crippen LogP contribution in [0.25, 0.3) is 0 Å². The van der Waals surface area contributed by atoms with Crippen LogP contribution in [0.15, 0.2) is 28.7 Å². The molecule has 3 N–H and O–H groups in total. The molecular weight excluding hydrogens is 284 g/mol. The maximum Gasteiger partial charge on any atom is 0.271 e. The Kier molecular flexibility index (Phi) is 3.29. The fraction of sp³-hybridized carbons (Fsp3) is 0.364. The lowest BCUT2D eigenvalue weighted by Crippen LogP contribution is -2.14. The van der Waals surface area contributed by atoms with E-state index in [9.17, 15) is 8.42 Å². The van der Waals surface area contributed by atoms with Crippen LogP contribution in [0.5, 0.6) is 0 Å². The molecule has 8 heteroatoms. The van der Waals surface area contributed by atoms with Crippen molar-refractivity contribution in [2.24, 2.45) is 0 Å². The number of hydrogen-bond donors (Lipinski definition) is 3. The molecule has 0 bridgehead atoms. The highest BCUT2D eigenvalue weighted by atomic mass is 32.2. The Labute approximate surface area is 115 Å². The maximum absolute atomic E-state index is 12.1. The summed E-state index contributed by atoms with van der Waals surface area (Å²) in [4.78, 5) is 1.03. The number of aromatic amines is 1. The molecule has 19 heavy (non-hydrogen) atoms.